The minimum absolute atomic E-state index is 0. The fourth-order valence-corrected chi connectivity index (χ4v) is 7.76. The van der Waals surface area contributed by atoms with Crippen LogP contribution < -0.4 is 9.21 Å². The molecule has 0 bridgehead atoms. The number of thiazole rings is 1. The van der Waals surface area contributed by atoms with Crippen LogP contribution in [0.1, 0.15) is 22.3 Å². The van der Waals surface area contributed by atoms with Crippen LogP contribution in [0.25, 0.3) is 10.2 Å². The summed E-state index contributed by atoms with van der Waals surface area (Å²) in [6.45, 7) is 4.30. The Morgan fingerprint density at radius 2 is 1.76 bits per heavy atom. The summed E-state index contributed by atoms with van der Waals surface area (Å²) in [7, 11) is -3.81. The minimum atomic E-state index is -3.81. The van der Waals surface area contributed by atoms with Gasteiger partial charge in [0.15, 0.2) is 10.9 Å². The molecular weight excluding hydrogens is 606 g/mol. The van der Waals surface area contributed by atoms with E-state index in [1.807, 2.05) is 18.2 Å². The number of fused-ring (bicyclic) bond motifs is 2. The molecule has 6 rings (SSSR count). The molecule has 1 saturated heterocycles. The van der Waals surface area contributed by atoms with Gasteiger partial charge in [0, 0.05) is 44.4 Å². The van der Waals surface area contributed by atoms with Crippen molar-refractivity contribution in [3.63, 3.8) is 0 Å². The van der Waals surface area contributed by atoms with E-state index in [0.29, 0.717) is 49.5 Å². The molecule has 0 saturated carbocycles. The Hall–Kier alpha value is -3.16. The van der Waals surface area contributed by atoms with Crippen molar-refractivity contribution in [3.8, 4) is 0 Å². The maximum Gasteiger partial charge on any atom is 0.264 e. The van der Waals surface area contributed by atoms with E-state index in [1.165, 1.54) is 39.5 Å². The Kier molecular flexibility index (Phi) is 9.09. The largest absolute Gasteiger partial charge is 0.379 e. The highest BCUT2D eigenvalue weighted by molar-refractivity contribution is 7.92. The number of ether oxygens (including phenoxy) is 1. The van der Waals surface area contributed by atoms with E-state index in [2.05, 4.69) is 9.88 Å². The third kappa shape index (κ3) is 6.00. The van der Waals surface area contributed by atoms with Gasteiger partial charge in [0.05, 0.1) is 28.5 Å². The molecule has 2 aliphatic rings. The van der Waals surface area contributed by atoms with E-state index in [1.54, 1.807) is 6.07 Å². The zero-order valence-electron chi connectivity index (χ0n) is 22.5. The van der Waals surface area contributed by atoms with Gasteiger partial charge in [0.2, 0.25) is 0 Å². The zero-order valence-corrected chi connectivity index (χ0v) is 25.0. The first-order chi connectivity index (χ1) is 19.8. The standard InChI is InChI=1S/C29H28F2N4O4S2.ClH/c30-22-18-24(31)27-26(19-22)40-29(32-27)34(12-3-11-33-14-16-39-17-15-33)28(36)21-6-8-23(9-7-21)41(37,38)35-13-10-20-4-1-2-5-25(20)35;/h1-2,4-9,18-19H,3,10-17H2;1H. The number of carbonyl (C=O) groups excluding carboxylic acids is 1. The molecule has 4 aromatic rings. The maximum atomic E-state index is 14.4. The van der Waals surface area contributed by atoms with Gasteiger partial charge in [0.25, 0.3) is 15.9 Å². The smallest absolute Gasteiger partial charge is 0.264 e. The molecule has 1 amide bonds. The molecule has 3 heterocycles. The number of anilines is 2. The minimum Gasteiger partial charge on any atom is -0.379 e. The van der Waals surface area contributed by atoms with E-state index in [4.69, 9.17) is 4.74 Å². The number of aromatic nitrogens is 1. The van der Waals surface area contributed by atoms with E-state index < -0.39 is 27.6 Å². The highest BCUT2D eigenvalue weighted by Gasteiger charge is 2.31. The molecule has 1 fully saturated rings. The van der Waals surface area contributed by atoms with Crippen molar-refractivity contribution in [1.82, 2.24) is 9.88 Å². The molecule has 0 aliphatic carbocycles. The molecular formula is C29H29ClF2N4O4S2. The molecule has 0 spiro atoms. The van der Waals surface area contributed by atoms with Gasteiger partial charge in [-0.3, -0.25) is 18.9 Å². The second-order valence-corrected chi connectivity index (χ2v) is 12.8. The zero-order chi connectivity index (χ0) is 28.6. The van der Waals surface area contributed by atoms with Gasteiger partial charge in [-0.05, 0) is 54.8 Å². The van der Waals surface area contributed by atoms with Crippen LogP contribution >= 0.6 is 23.7 Å². The molecule has 0 N–H and O–H groups in total. The van der Waals surface area contributed by atoms with Gasteiger partial charge in [-0.2, -0.15) is 0 Å². The van der Waals surface area contributed by atoms with E-state index in [9.17, 15) is 22.0 Å². The Labute approximate surface area is 253 Å². The lowest BCUT2D eigenvalue weighted by molar-refractivity contribution is 0.0376. The Bertz CT molecular complexity index is 1700. The summed E-state index contributed by atoms with van der Waals surface area (Å²) >= 11 is 1.04. The first kappa shape index (κ1) is 30.3. The Morgan fingerprint density at radius 3 is 2.52 bits per heavy atom. The number of hydrogen-bond acceptors (Lipinski definition) is 7. The first-order valence-electron chi connectivity index (χ1n) is 13.4. The molecule has 13 heteroatoms. The summed E-state index contributed by atoms with van der Waals surface area (Å²) in [6, 6.07) is 15.2. The maximum absolute atomic E-state index is 14.4. The third-order valence-electron chi connectivity index (χ3n) is 7.37. The Balaban J connectivity index is 0.00000353. The highest BCUT2D eigenvalue weighted by Crippen LogP contribution is 2.34. The summed E-state index contributed by atoms with van der Waals surface area (Å²) in [5, 5.41) is 0.252. The fraction of sp³-hybridized carbons (Fsp3) is 0.310. The average molecular weight is 635 g/mol. The van der Waals surface area contributed by atoms with Crippen molar-refractivity contribution in [2.75, 3.05) is 55.1 Å². The molecule has 42 heavy (non-hydrogen) atoms. The van der Waals surface area contributed by atoms with Crippen LogP contribution in [0.3, 0.4) is 0 Å². The number of sulfonamides is 1. The molecule has 0 atom stereocenters. The molecule has 2 aliphatic heterocycles. The van der Waals surface area contributed by atoms with E-state index in [0.717, 1.165) is 42.6 Å². The molecule has 0 unspecified atom stereocenters. The van der Waals surface area contributed by atoms with Crippen molar-refractivity contribution in [3.05, 3.63) is 83.4 Å². The third-order valence-corrected chi connectivity index (χ3v) is 10.2. The van der Waals surface area contributed by atoms with Crippen molar-refractivity contribution < 1.29 is 26.7 Å². The fourth-order valence-electron chi connectivity index (χ4n) is 5.23. The van der Waals surface area contributed by atoms with Crippen LogP contribution in [0.2, 0.25) is 0 Å². The van der Waals surface area contributed by atoms with E-state index in [-0.39, 0.29) is 33.5 Å². The number of benzene rings is 3. The predicted octanol–water partition coefficient (Wildman–Crippen LogP) is 5.12. The number of nitrogens with zero attached hydrogens (tertiary/aromatic N) is 4. The van der Waals surface area contributed by atoms with Gasteiger partial charge in [-0.1, -0.05) is 29.5 Å². The second kappa shape index (κ2) is 12.6. The number of rotatable bonds is 8. The van der Waals surface area contributed by atoms with E-state index >= 15 is 0 Å². The van der Waals surface area contributed by atoms with Crippen LogP contribution in [0.5, 0.6) is 0 Å². The van der Waals surface area contributed by atoms with Crippen LogP contribution in [0.15, 0.2) is 65.6 Å². The summed E-state index contributed by atoms with van der Waals surface area (Å²) in [5.74, 6) is -1.91. The summed E-state index contributed by atoms with van der Waals surface area (Å²) in [5.41, 5.74) is 1.91. The topological polar surface area (TPSA) is 83.1 Å². The lowest BCUT2D eigenvalue weighted by atomic mass is 10.2. The molecule has 1 aromatic heterocycles. The van der Waals surface area contributed by atoms with Crippen LogP contribution in [-0.4, -0.2) is 70.1 Å². The van der Waals surface area contributed by atoms with Gasteiger partial charge in [0.1, 0.15) is 11.3 Å². The predicted molar refractivity (Wildman–Crippen MR) is 161 cm³/mol. The van der Waals surface area contributed by atoms with Gasteiger partial charge >= 0.3 is 0 Å². The van der Waals surface area contributed by atoms with Crippen LogP contribution in [-0.2, 0) is 21.2 Å². The SMILES string of the molecule is Cl.O=C(c1ccc(S(=O)(=O)N2CCc3ccccc32)cc1)N(CCCN1CCOCC1)c1nc2c(F)cc(F)cc2s1. The van der Waals surface area contributed by atoms with Crippen molar-refractivity contribution in [1.29, 1.82) is 0 Å². The number of carbonyl (C=O) groups is 1. The molecule has 8 nitrogen and oxygen atoms in total. The summed E-state index contributed by atoms with van der Waals surface area (Å²) in [6.07, 6.45) is 1.26. The molecule has 0 radical (unpaired) electrons. The van der Waals surface area contributed by atoms with Gasteiger partial charge < -0.3 is 4.74 Å². The second-order valence-electron chi connectivity index (χ2n) is 9.98. The lowest BCUT2D eigenvalue weighted by Gasteiger charge is -2.27. The quantitative estimate of drug-likeness (QED) is 0.268. The number of morpholine rings is 1. The Morgan fingerprint density at radius 1 is 1.02 bits per heavy atom. The number of para-hydroxylation sites is 1. The van der Waals surface area contributed by atoms with Gasteiger partial charge in [-0.15, -0.1) is 12.4 Å². The normalized spacial score (nSPS) is 15.4. The first-order valence-corrected chi connectivity index (χ1v) is 15.7. The van der Waals surface area contributed by atoms with Crippen molar-refractivity contribution >= 4 is 60.7 Å². The lowest BCUT2D eigenvalue weighted by Crippen LogP contribution is -2.39. The summed E-state index contributed by atoms with van der Waals surface area (Å²) in [4.78, 5) is 21.9. The monoisotopic (exact) mass is 634 g/mol. The number of halogens is 3. The van der Waals surface area contributed by atoms with Crippen molar-refractivity contribution in [2.45, 2.75) is 17.7 Å². The average Bonchev–Trinajstić information content (AvgIpc) is 3.61. The van der Waals surface area contributed by atoms with Crippen LogP contribution in [0.4, 0.5) is 19.6 Å². The highest BCUT2D eigenvalue weighted by atomic mass is 35.5. The van der Waals surface area contributed by atoms with Gasteiger partial charge in [-0.25, -0.2) is 22.2 Å². The summed E-state index contributed by atoms with van der Waals surface area (Å²) < 4.78 is 62.3. The molecule has 222 valence electrons. The number of hydrogen-bond donors (Lipinski definition) is 0. The number of amides is 1. The van der Waals surface area contributed by atoms with Crippen molar-refractivity contribution in [2.24, 2.45) is 0 Å². The molecule has 3 aromatic carbocycles. The van der Waals surface area contributed by atoms with Crippen LogP contribution in [0, 0.1) is 11.6 Å².